The molecule has 0 aliphatic heterocycles. The van der Waals surface area contributed by atoms with Gasteiger partial charge in [0, 0.05) is 0 Å². The maximum Gasteiger partial charge on any atom is -0.147 e. The van der Waals surface area contributed by atoms with Gasteiger partial charge in [-0.2, -0.15) is 0 Å². The molecule has 50 heavy (non-hydrogen) atoms. The number of hydrogen-bond acceptors (Lipinski definition) is 0. The predicted octanol–water partition coefficient (Wildman–Crippen LogP) is 13.7. The maximum atomic E-state index is 2.79. The molecule has 3 atom stereocenters. The summed E-state index contributed by atoms with van der Waals surface area (Å²) in [5, 5.41) is 0. The third-order valence-corrected chi connectivity index (χ3v) is 29.5. The molecule has 0 fully saturated rings. The van der Waals surface area contributed by atoms with Crippen LogP contribution < -0.4 is 0 Å². The number of fused-ring (bicyclic) bond motifs is 2. The molecule has 0 spiro atoms. The molecule has 0 nitrogen and oxygen atoms in total. The third-order valence-electron chi connectivity index (χ3n) is 11.9. The van der Waals surface area contributed by atoms with Crippen molar-refractivity contribution in [3.63, 3.8) is 0 Å². The Morgan fingerprint density at radius 1 is 0.660 bits per heavy atom. The fourth-order valence-corrected chi connectivity index (χ4v) is 29.7. The van der Waals surface area contributed by atoms with Gasteiger partial charge in [-0.15, -0.1) is 24.8 Å². The average molecular weight is 803 g/mol. The van der Waals surface area contributed by atoms with Crippen molar-refractivity contribution in [2.45, 2.75) is 103 Å². The first kappa shape index (κ1) is 40.8. The monoisotopic (exact) mass is 800 g/mol. The maximum absolute atomic E-state index is 3.74. The normalized spacial score (nSPS) is 17.9. The summed E-state index contributed by atoms with van der Waals surface area (Å²) in [7, 11) is 0. The van der Waals surface area contributed by atoms with E-state index in [0.717, 1.165) is 0 Å². The fourth-order valence-electron chi connectivity index (χ4n) is 9.16. The summed E-state index contributed by atoms with van der Waals surface area (Å²) in [5.74, 6) is 0.551. The molecule has 0 aromatic heterocycles. The Morgan fingerprint density at radius 3 is 1.64 bits per heavy atom. The molecule has 2 aliphatic carbocycles. The fraction of sp³-hybridized carbons (Fsp3) is 0.391. The zero-order valence-corrected chi connectivity index (χ0v) is 38.1. The van der Waals surface area contributed by atoms with E-state index in [-0.39, 0.29) is 35.6 Å². The van der Waals surface area contributed by atoms with E-state index in [4.69, 9.17) is 0 Å². The molecule has 0 N–H and O–H groups in total. The van der Waals surface area contributed by atoms with Gasteiger partial charge in [0.25, 0.3) is 0 Å². The summed E-state index contributed by atoms with van der Waals surface area (Å²) in [6.07, 6.45) is 6.39. The van der Waals surface area contributed by atoms with Crippen LogP contribution >= 0.6 is 24.8 Å². The molecule has 0 radical (unpaired) electrons. The second-order valence-corrected chi connectivity index (χ2v) is 48.8. The quantitative estimate of drug-likeness (QED) is 0.170. The minimum absolute atomic E-state index is 0. The zero-order valence-electron chi connectivity index (χ0n) is 32.6. The summed E-state index contributed by atoms with van der Waals surface area (Å²) >= 11 is -3.74. The van der Waals surface area contributed by atoms with E-state index in [1.807, 2.05) is 0 Å². The predicted molar refractivity (Wildman–Crippen MR) is 227 cm³/mol. The average Bonchev–Trinajstić information content (AvgIpc) is 3.60. The molecular weight excluding hydrogens is 743 g/mol. The van der Waals surface area contributed by atoms with Gasteiger partial charge >= 0.3 is 297 Å². The number of benzene rings is 4. The van der Waals surface area contributed by atoms with Crippen LogP contribution in [0, 0.1) is 12.8 Å². The first-order valence-corrected chi connectivity index (χ1v) is 31.9. The topological polar surface area (TPSA) is 0 Å². The van der Waals surface area contributed by atoms with E-state index in [0.29, 0.717) is 13.2 Å². The summed E-state index contributed by atoms with van der Waals surface area (Å²) < 4.78 is 6.60. The van der Waals surface area contributed by atoms with Gasteiger partial charge < -0.3 is 0 Å². The van der Waals surface area contributed by atoms with Crippen LogP contribution in [0.3, 0.4) is 0 Å². The van der Waals surface area contributed by atoms with Crippen LogP contribution in [0.1, 0.15) is 115 Å². The molecule has 2 aliphatic rings. The van der Waals surface area contributed by atoms with Gasteiger partial charge in [0.1, 0.15) is 0 Å². The molecule has 0 bridgehead atoms. The first-order valence-electron chi connectivity index (χ1n) is 18.3. The molecule has 0 saturated heterocycles. The molecular formula is C46H60Cl2SiZr. The Labute approximate surface area is 319 Å². The summed E-state index contributed by atoms with van der Waals surface area (Å²) in [6, 6.07) is 30.8. The summed E-state index contributed by atoms with van der Waals surface area (Å²) in [4.78, 5) is 0. The van der Waals surface area contributed by atoms with Gasteiger partial charge in [0.05, 0.1) is 0 Å². The van der Waals surface area contributed by atoms with E-state index in [1.54, 1.807) is 22.3 Å². The van der Waals surface area contributed by atoms with Crippen LogP contribution in [-0.4, -0.2) is 6.88 Å². The van der Waals surface area contributed by atoms with Crippen LogP contribution in [0.5, 0.6) is 0 Å². The zero-order chi connectivity index (χ0) is 35.0. The second kappa shape index (κ2) is 14.1. The van der Waals surface area contributed by atoms with E-state index >= 15 is 0 Å². The van der Waals surface area contributed by atoms with E-state index < -0.39 is 17.4 Å². The number of halogens is 2. The Morgan fingerprint density at radius 2 is 1.16 bits per heavy atom. The van der Waals surface area contributed by atoms with E-state index in [2.05, 4.69) is 176 Å². The van der Waals surface area contributed by atoms with Gasteiger partial charge in [-0.25, -0.2) is 0 Å². The number of rotatable bonds is 6. The Balaban J connectivity index is 0.00000281. The van der Waals surface area contributed by atoms with E-state index in [9.17, 15) is 0 Å². The molecule has 4 aromatic carbocycles. The molecule has 4 heteroatoms. The SMILES string of the molecule is CCC(C)C1=Cc2c(-c3ccc(C(C)(C)C)cc3)cccc2[CH]1[Zr]([CH3])([CH3])(=[SiH2])[CH]1C(C)=Cc2c(-c3ccc(C(C)(C)C)cc3)ccc(C)c21.Cl.Cl. The molecule has 4 aromatic rings. The third kappa shape index (κ3) is 7.06. The standard InChI is InChI=1S/C23H27.C21H23.2CH3.2ClH.H2Si.Zr/c1-6-16(2)19-14-18-8-7-9-21(22(18)15-19)17-10-12-20(13-11-17)23(3,4)5;1-14-12-19-15(2)6-11-18(20(19)13-14)16-7-9-17(10-8-16)21(3,4)5;;;;;;/h7-16H,6H2,1-5H3;6-13H,1-5H3;2*1H3;2*1H;1H2;. The van der Waals surface area contributed by atoms with Crippen LogP contribution in [0.4, 0.5) is 0 Å². The van der Waals surface area contributed by atoms with Gasteiger partial charge in [-0.05, 0) is 0 Å². The first-order chi connectivity index (χ1) is 22.3. The van der Waals surface area contributed by atoms with Crippen molar-refractivity contribution in [1.29, 1.82) is 0 Å². The number of hydrogen-bond donors (Lipinski definition) is 0. The van der Waals surface area contributed by atoms with Crippen LogP contribution in [-0.2, 0) is 28.2 Å². The van der Waals surface area contributed by atoms with Crippen molar-refractivity contribution in [2.75, 3.05) is 0 Å². The Bertz CT molecular complexity index is 2030. The van der Waals surface area contributed by atoms with E-state index in [1.165, 1.54) is 56.5 Å². The van der Waals surface area contributed by atoms with Crippen molar-refractivity contribution >= 4 is 43.8 Å². The molecule has 0 amide bonds. The van der Waals surface area contributed by atoms with Gasteiger partial charge in [-0.3, -0.25) is 0 Å². The van der Waals surface area contributed by atoms with Gasteiger partial charge in [0.2, 0.25) is 0 Å². The van der Waals surface area contributed by atoms with Crippen LogP contribution in [0.2, 0.25) is 9.26 Å². The molecule has 266 valence electrons. The summed E-state index contributed by atoms with van der Waals surface area (Å²) in [5.41, 5.74) is 19.4. The second-order valence-electron chi connectivity index (χ2n) is 18.4. The minimum Gasteiger partial charge on any atom is -0.147 e. The molecule has 0 heterocycles. The van der Waals surface area contributed by atoms with Crippen molar-refractivity contribution in [1.82, 2.24) is 0 Å². The molecule has 6 rings (SSSR count). The smallest absolute Gasteiger partial charge is 0.147 e. The van der Waals surface area contributed by atoms with Gasteiger partial charge in [0.15, 0.2) is 0 Å². The van der Waals surface area contributed by atoms with Crippen LogP contribution in [0.15, 0.2) is 90.0 Å². The number of allylic oxidation sites excluding steroid dienone is 2. The molecule has 3 unspecified atom stereocenters. The number of aryl methyl sites for hydroxylation is 1. The van der Waals surface area contributed by atoms with Crippen molar-refractivity contribution in [3.05, 3.63) is 129 Å². The van der Waals surface area contributed by atoms with Crippen molar-refractivity contribution in [3.8, 4) is 22.3 Å². The van der Waals surface area contributed by atoms with Crippen molar-refractivity contribution < 1.29 is 17.4 Å². The Kier molecular flexibility index (Phi) is 11.5. The Hall–Kier alpha value is -1.96. The molecule has 0 saturated carbocycles. The minimum atomic E-state index is -3.74. The summed E-state index contributed by atoms with van der Waals surface area (Å²) in [6.45, 7) is 25.9. The largest absolute Gasteiger partial charge is 0.147 e. The van der Waals surface area contributed by atoms with Gasteiger partial charge in [-0.1, -0.05) is 0 Å². The van der Waals surface area contributed by atoms with Crippen molar-refractivity contribution in [2.24, 2.45) is 5.92 Å². The van der Waals surface area contributed by atoms with Crippen LogP contribution in [0.25, 0.3) is 34.4 Å².